The lowest BCUT2D eigenvalue weighted by molar-refractivity contribution is 0.445. The molecule has 1 nitrogen and oxygen atoms in total. The molecule has 0 amide bonds. The molecule has 1 aromatic carbocycles. The Morgan fingerprint density at radius 1 is 1.33 bits per heavy atom. The SMILES string of the molecule is Cc1cc(F)c(C2CCNCC2)cc1Cl. The van der Waals surface area contributed by atoms with Crippen molar-refractivity contribution in [2.75, 3.05) is 13.1 Å². The lowest BCUT2D eigenvalue weighted by atomic mass is 9.89. The third kappa shape index (κ3) is 2.32. The quantitative estimate of drug-likeness (QED) is 0.777. The van der Waals surface area contributed by atoms with Gasteiger partial charge in [-0.3, -0.25) is 0 Å². The second kappa shape index (κ2) is 4.50. The summed E-state index contributed by atoms with van der Waals surface area (Å²) in [6.07, 6.45) is 1.99. The van der Waals surface area contributed by atoms with Crippen molar-refractivity contribution < 1.29 is 4.39 Å². The lowest BCUT2D eigenvalue weighted by Crippen LogP contribution is -2.27. The van der Waals surface area contributed by atoms with Crippen molar-refractivity contribution in [2.45, 2.75) is 25.7 Å². The van der Waals surface area contributed by atoms with Gasteiger partial charge >= 0.3 is 0 Å². The minimum Gasteiger partial charge on any atom is -0.317 e. The summed E-state index contributed by atoms with van der Waals surface area (Å²) in [7, 11) is 0. The zero-order valence-corrected chi connectivity index (χ0v) is 9.57. The highest BCUT2D eigenvalue weighted by Crippen LogP contribution is 2.30. The topological polar surface area (TPSA) is 12.0 Å². The molecule has 1 heterocycles. The molecule has 1 aliphatic heterocycles. The van der Waals surface area contributed by atoms with Crippen LogP contribution in [-0.2, 0) is 0 Å². The van der Waals surface area contributed by atoms with Gasteiger partial charge in [0.05, 0.1) is 0 Å². The molecule has 1 fully saturated rings. The molecule has 0 unspecified atom stereocenters. The van der Waals surface area contributed by atoms with E-state index in [1.807, 2.05) is 6.92 Å². The van der Waals surface area contributed by atoms with Gasteiger partial charge in [0.15, 0.2) is 0 Å². The van der Waals surface area contributed by atoms with Crippen molar-refractivity contribution in [1.29, 1.82) is 0 Å². The zero-order valence-electron chi connectivity index (χ0n) is 8.82. The summed E-state index contributed by atoms with van der Waals surface area (Å²) >= 11 is 6.02. The summed E-state index contributed by atoms with van der Waals surface area (Å²) in [6, 6.07) is 3.34. The van der Waals surface area contributed by atoms with E-state index in [2.05, 4.69) is 5.32 Å². The smallest absolute Gasteiger partial charge is 0.127 e. The molecule has 0 spiro atoms. The summed E-state index contributed by atoms with van der Waals surface area (Å²) in [5, 5.41) is 3.95. The Hall–Kier alpha value is -0.600. The average molecular weight is 228 g/mol. The number of hydrogen-bond acceptors (Lipinski definition) is 1. The molecule has 15 heavy (non-hydrogen) atoms. The fourth-order valence-electron chi connectivity index (χ4n) is 2.11. The first-order chi connectivity index (χ1) is 7.18. The maximum absolute atomic E-state index is 13.7. The number of hydrogen-bond donors (Lipinski definition) is 1. The molecule has 1 aromatic rings. The molecule has 0 aliphatic carbocycles. The van der Waals surface area contributed by atoms with Crippen molar-refractivity contribution in [2.24, 2.45) is 0 Å². The highest BCUT2D eigenvalue weighted by molar-refractivity contribution is 6.31. The molecule has 0 radical (unpaired) electrons. The highest BCUT2D eigenvalue weighted by Gasteiger charge is 2.19. The van der Waals surface area contributed by atoms with Gasteiger partial charge in [0.2, 0.25) is 0 Å². The summed E-state index contributed by atoms with van der Waals surface area (Å²) in [6.45, 7) is 3.77. The second-order valence-electron chi connectivity index (χ2n) is 4.15. The van der Waals surface area contributed by atoms with E-state index in [4.69, 9.17) is 11.6 Å². The third-order valence-electron chi connectivity index (χ3n) is 3.06. The summed E-state index contributed by atoms with van der Waals surface area (Å²) in [5.74, 6) is 0.216. The Labute approximate surface area is 94.6 Å². The van der Waals surface area contributed by atoms with Crippen molar-refractivity contribution in [3.05, 3.63) is 34.1 Å². The average Bonchev–Trinajstić information content (AvgIpc) is 2.25. The fourth-order valence-corrected chi connectivity index (χ4v) is 2.28. The molecule has 0 atom stereocenters. The number of benzene rings is 1. The molecular formula is C12H15ClFN. The monoisotopic (exact) mass is 227 g/mol. The van der Waals surface area contributed by atoms with Crippen LogP contribution in [-0.4, -0.2) is 13.1 Å². The van der Waals surface area contributed by atoms with Crippen LogP contribution in [0.2, 0.25) is 5.02 Å². The van der Waals surface area contributed by atoms with Crippen LogP contribution in [0, 0.1) is 12.7 Å². The van der Waals surface area contributed by atoms with Crippen LogP contribution < -0.4 is 5.32 Å². The number of piperidine rings is 1. The summed E-state index contributed by atoms with van der Waals surface area (Å²) < 4.78 is 13.7. The number of aryl methyl sites for hydroxylation is 1. The predicted molar refractivity (Wildman–Crippen MR) is 61.0 cm³/mol. The van der Waals surface area contributed by atoms with Crippen molar-refractivity contribution in [3.63, 3.8) is 0 Å². The number of halogens is 2. The first-order valence-corrected chi connectivity index (χ1v) is 5.72. The van der Waals surface area contributed by atoms with E-state index in [9.17, 15) is 4.39 Å². The highest BCUT2D eigenvalue weighted by atomic mass is 35.5. The second-order valence-corrected chi connectivity index (χ2v) is 4.55. The zero-order chi connectivity index (χ0) is 10.8. The van der Waals surface area contributed by atoms with Gasteiger partial charge in [0.25, 0.3) is 0 Å². The van der Waals surface area contributed by atoms with E-state index in [0.29, 0.717) is 10.9 Å². The van der Waals surface area contributed by atoms with Gasteiger partial charge in [-0.15, -0.1) is 0 Å². The van der Waals surface area contributed by atoms with E-state index in [-0.39, 0.29) is 5.82 Å². The van der Waals surface area contributed by atoms with Gasteiger partial charge in [-0.2, -0.15) is 0 Å². The molecule has 1 N–H and O–H groups in total. The van der Waals surface area contributed by atoms with Crippen molar-refractivity contribution >= 4 is 11.6 Å². The van der Waals surface area contributed by atoms with Crippen LogP contribution in [0.5, 0.6) is 0 Å². The molecular weight excluding hydrogens is 213 g/mol. The van der Waals surface area contributed by atoms with Gasteiger partial charge < -0.3 is 5.32 Å². The van der Waals surface area contributed by atoms with Crippen LogP contribution in [0.1, 0.15) is 29.9 Å². The Morgan fingerprint density at radius 2 is 2.00 bits per heavy atom. The van der Waals surface area contributed by atoms with E-state index in [0.717, 1.165) is 37.1 Å². The maximum atomic E-state index is 13.7. The minimum atomic E-state index is -0.108. The first kappa shape index (κ1) is 10.9. The van der Waals surface area contributed by atoms with Gasteiger partial charge in [-0.1, -0.05) is 11.6 Å². The van der Waals surface area contributed by atoms with Gasteiger partial charge in [-0.25, -0.2) is 4.39 Å². The molecule has 3 heteroatoms. The molecule has 1 aliphatic rings. The molecule has 82 valence electrons. The van der Waals surface area contributed by atoms with Gasteiger partial charge in [0.1, 0.15) is 5.82 Å². The Balaban J connectivity index is 2.30. The Kier molecular flexibility index (Phi) is 3.27. The van der Waals surface area contributed by atoms with E-state index in [1.54, 1.807) is 12.1 Å². The largest absolute Gasteiger partial charge is 0.317 e. The van der Waals surface area contributed by atoms with E-state index in [1.165, 1.54) is 0 Å². The molecule has 1 saturated heterocycles. The molecule has 0 bridgehead atoms. The molecule has 2 rings (SSSR count). The number of rotatable bonds is 1. The summed E-state index contributed by atoms with van der Waals surface area (Å²) in [5.41, 5.74) is 1.60. The molecule has 0 saturated carbocycles. The minimum absolute atomic E-state index is 0.108. The first-order valence-electron chi connectivity index (χ1n) is 5.34. The van der Waals surface area contributed by atoms with E-state index >= 15 is 0 Å². The normalized spacial score (nSPS) is 18.1. The van der Waals surface area contributed by atoms with Crippen molar-refractivity contribution in [1.82, 2.24) is 5.32 Å². The van der Waals surface area contributed by atoms with Crippen molar-refractivity contribution in [3.8, 4) is 0 Å². The Morgan fingerprint density at radius 3 is 2.67 bits per heavy atom. The maximum Gasteiger partial charge on any atom is 0.127 e. The standard InChI is InChI=1S/C12H15ClFN/c1-8-6-12(14)10(7-11(8)13)9-2-4-15-5-3-9/h6-7,9,15H,2-5H2,1H3. The predicted octanol–water partition coefficient (Wildman–Crippen LogP) is 3.25. The third-order valence-corrected chi connectivity index (χ3v) is 3.46. The van der Waals surface area contributed by atoms with Crippen LogP contribution in [0.3, 0.4) is 0 Å². The summed E-state index contributed by atoms with van der Waals surface area (Å²) in [4.78, 5) is 0. The van der Waals surface area contributed by atoms with Crippen LogP contribution in [0.4, 0.5) is 4.39 Å². The van der Waals surface area contributed by atoms with E-state index < -0.39 is 0 Å². The van der Waals surface area contributed by atoms with Crippen LogP contribution >= 0.6 is 11.6 Å². The number of nitrogens with one attached hydrogen (secondary N) is 1. The van der Waals surface area contributed by atoms with Crippen LogP contribution in [0.25, 0.3) is 0 Å². The molecule has 0 aromatic heterocycles. The van der Waals surface area contributed by atoms with Gasteiger partial charge in [0, 0.05) is 5.02 Å². The lowest BCUT2D eigenvalue weighted by Gasteiger charge is -2.23. The fraction of sp³-hybridized carbons (Fsp3) is 0.500. The Bertz CT molecular complexity index is 359. The van der Waals surface area contributed by atoms with Crippen LogP contribution in [0.15, 0.2) is 12.1 Å². The van der Waals surface area contributed by atoms with Gasteiger partial charge in [-0.05, 0) is 62.0 Å².